The highest BCUT2D eigenvalue weighted by Gasteiger charge is 2.19. The molecule has 0 radical (unpaired) electrons. The molecule has 1 aromatic heterocycles. The number of fused-ring (bicyclic) bond motifs is 1. The summed E-state index contributed by atoms with van der Waals surface area (Å²) in [7, 11) is 1.68. The highest BCUT2D eigenvalue weighted by atomic mass is 16.5. The molecule has 0 saturated carbocycles. The Morgan fingerprint density at radius 3 is 3.04 bits per heavy atom. The molecular formula is C17H20N2O4. The van der Waals surface area contributed by atoms with Gasteiger partial charge in [-0.2, -0.15) is 0 Å². The summed E-state index contributed by atoms with van der Waals surface area (Å²) in [5.74, 6) is 0.866. The monoisotopic (exact) mass is 316 g/mol. The highest BCUT2D eigenvalue weighted by Crippen LogP contribution is 2.30. The zero-order valence-corrected chi connectivity index (χ0v) is 13.3. The van der Waals surface area contributed by atoms with Gasteiger partial charge in [0.15, 0.2) is 0 Å². The van der Waals surface area contributed by atoms with Gasteiger partial charge in [-0.25, -0.2) is 0 Å². The molecule has 1 aliphatic rings. The van der Waals surface area contributed by atoms with E-state index in [1.807, 2.05) is 18.2 Å². The quantitative estimate of drug-likeness (QED) is 0.914. The summed E-state index contributed by atoms with van der Waals surface area (Å²) >= 11 is 0. The minimum atomic E-state index is -0.441. The van der Waals surface area contributed by atoms with Crippen molar-refractivity contribution in [3.8, 4) is 17.0 Å². The van der Waals surface area contributed by atoms with E-state index in [1.165, 1.54) is 4.90 Å². The number of aliphatic hydroxyl groups excluding tert-OH is 1. The van der Waals surface area contributed by atoms with Crippen LogP contribution in [-0.4, -0.2) is 47.4 Å². The number of hydrogen-bond donors (Lipinski definition) is 1. The number of benzene rings is 1. The third-order valence-corrected chi connectivity index (χ3v) is 3.94. The molecule has 1 aliphatic heterocycles. The van der Waals surface area contributed by atoms with E-state index in [-0.39, 0.29) is 11.7 Å². The summed E-state index contributed by atoms with van der Waals surface area (Å²) in [6.45, 7) is 2.86. The fourth-order valence-electron chi connectivity index (χ4n) is 2.53. The van der Waals surface area contributed by atoms with Crippen molar-refractivity contribution in [2.24, 2.45) is 0 Å². The minimum Gasteiger partial charge on any atom is -0.493 e. The molecule has 1 N–H and O–H groups in total. The largest absolute Gasteiger partial charge is 0.493 e. The van der Waals surface area contributed by atoms with E-state index in [0.29, 0.717) is 25.3 Å². The molecule has 2 heterocycles. The molecule has 1 atom stereocenters. The molecule has 1 unspecified atom stereocenters. The molecule has 122 valence electrons. The first-order valence-electron chi connectivity index (χ1n) is 7.71. The second-order valence-electron chi connectivity index (χ2n) is 5.86. The van der Waals surface area contributed by atoms with Crippen molar-refractivity contribution in [1.29, 1.82) is 0 Å². The third-order valence-electron chi connectivity index (χ3n) is 3.94. The van der Waals surface area contributed by atoms with Crippen LogP contribution in [0.25, 0.3) is 11.3 Å². The van der Waals surface area contributed by atoms with Crippen LogP contribution in [0.1, 0.15) is 29.5 Å². The van der Waals surface area contributed by atoms with Crippen LogP contribution in [0.15, 0.2) is 28.8 Å². The van der Waals surface area contributed by atoms with Crippen LogP contribution in [0.3, 0.4) is 0 Å². The SMILES string of the molecule is CC(O)CCN(C)C(=O)c1cc(-c2ccc3c(c2)CCO3)no1. The molecule has 6 heteroatoms. The van der Waals surface area contributed by atoms with E-state index in [1.54, 1.807) is 20.0 Å². The molecular weight excluding hydrogens is 296 g/mol. The smallest absolute Gasteiger partial charge is 0.292 e. The van der Waals surface area contributed by atoms with Gasteiger partial charge < -0.3 is 19.3 Å². The lowest BCUT2D eigenvalue weighted by Crippen LogP contribution is -2.29. The average molecular weight is 316 g/mol. The predicted octanol–water partition coefficient (Wildman–Crippen LogP) is 2.12. The molecule has 3 rings (SSSR count). The lowest BCUT2D eigenvalue weighted by Gasteiger charge is -2.15. The molecule has 2 aromatic rings. The van der Waals surface area contributed by atoms with Crippen molar-refractivity contribution in [2.45, 2.75) is 25.9 Å². The Kier molecular flexibility index (Phi) is 4.34. The van der Waals surface area contributed by atoms with E-state index < -0.39 is 6.10 Å². The summed E-state index contributed by atoms with van der Waals surface area (Å²) in [5.41, 5.74) is 2.68. The number of aliphatic hydroxyl groups is 1. The maximum Gasteiger partial charge on any atom is 0.292 e. The van der Waals surface area contributed by atoms with Gasteiger partial charge in [0, 0.05) is 31.6 Å². The predicted molar refractivity (Wildman–Crippen MR) is 84.4 cm³/mol. The summed E-state index contributed by atoms with van der Waals surface area (Å²) in [5, 5.41) is 13.3. The number of carbonyl (C=O) groups is 1. The number of ether oxygens (including phenoxy) is 1. The number of nitrogens with zero attached hydrogens (tertiary/aromatic N) is 2. The maximum atomic E-state index is 12.3. The van der Waals surface area contributed by atoms with E-state index in [2.05, 4.69) is 5.16 Å². The zero-order chi connectivity index (χ0) is 16.4. The first-order valence-corrected chi connectivity index (χ1v) is 7.71. The van der Waals surface area contributed by atoms with Crippen molar-refractivity contribution in [3.05, 3.63) is 35.6 Å². The number of rotatable bonds is 5. The lowest BCUT2D eigenvalue weighted by atomic mass is 10.1. The van der Waals surface area contributed by atoms with Crippen LogP contribution in [-0.2, 0) is 6.42 Å². The van der Waals surface area contributed by atoms with Crippen LogP contribution < -0.4 is 4.74 Å². The molecule has 1 aromatic carbocycles. The maximum absolute atomic E-state index is 12.3. The number of hydrogen-bond acceptors (Lipinski definition) is 5. The molecule has 1 amide bonds. The first-order chi connectivity index (χ1) is 11.0. The zero-order valence-electron chi connectivity index (χ0n) is 13.3. The third kappa shape index (κ3) is 3.37. The summed E-state index contributed by atoms with van der Waals surface area (Å²) in [6, 6.07) is 7.50. The van der Waals surface area contributed by atoms with Crippen LogP contribution in [0.2, 0.25) is 0 Å². The topological polar surface area (TPSA) is 75.8 Å². The van der Waals surface area contributed by atoms with Crippen molar-refractivity contribution in [3.63, 3.8) is 0 Å². The molecule has 0 aliphatic carbocycles. The van der Waals surface area contributed by atoms with Crippen LogP contribution >= 0.6 is 0 Å². The fraction of sp³-hybridized carbons (Fsp3) is 0.412. The van der Waals surface area contributed by atoms with Gasteiger partial charge >= 0.3 is 0 Å². The van der Waals surface area contributed by atoms with Crippen LogP contribution in [0.4, 0.5) is 0 Å². The minimum absolute atomic E-state index is 0.199. The Balaban J connectivity index is 1.74. The first kappa shape index (κ1) is 15.6. The average Bonchev–Trinajstić information content (AvgIpc) is 3.19. The van der Waals surface area contributed by atoms with Crippen LogP contribution in [0, 0.1) is 0 Å². The summed E-state index contributed by atoms with van der Waals surface area (Å²) in [6.07, 6.45) is 0.965. The molecule has 0 spiro atoms. The van der Waals surface area contributed by atoms with Crippen LogP contribution in [0.5, 0.6) is 5.75 Å². The fourth-order valence-corrected chi connectivity index (χ4v) is 2.53. The second kappa shape index (κ2) is 6.42. The lowest BCUT2D eigenvalue weighted by molar-refractivity contribution is 0.0728. The molecule has 0 bridgehead atoms. The Bertz CT molecular complexity index is 708. The standard InChI is InChI=1S/C17H20N2O4/c1-11(20)5-7-19(2)17(21)16-10-14(18-23-16)12-3-4-15-13(9-12)6-8-22-15/h3-4,9-11,20H,5-8H2,1-2H3. The molecule has 0 fully saturated rings. The van der Waals surface area contributed by atoms with Gasteiger partial charge in [0.2, 0.25) is 5.76 Å². The van der Waals surface area contributed by atoms with Gasteiger partial charge in [-0.1, -0.05) is 5.16 Å². The Morgan fingerprint density at radius 2 is 2.26 bits per heavy atom. The van der Waals surface area contributed by atoms with E-state index >= 15 is 0 Å². The highest BCUT2D eigenvalue weighted by molar-refractivity contribution is 5.92. The van der Waals surface area contributed by atoms with Crippen molar-refractivity contribution in [1.82, 2.24) is 10.1 Å². The van der Waals surface area contributed by atoms with E-state index in [9.17, 15) is 9.90 Å². The molecule has 0 saturated heterocycles. The Morgan fingerprint density at radius 1 is 1.43 bits per heavy atom. The van der Waals surface area contributed by atoms with Crippen molar-refractivity contribution in [2.75, 3.05) is 20.2 Å². The number of amides is 1. The molecule has 23 heavy (non-hydrogen) atoms. The van der Waals surface area contributed by atoms with Gasteiger partial charge in [0.1, 0.15) is 11.4 Å². The van der Waals surface area contributed by atoms with Gasteiger partial charge in [-0.05, 0) is 37.1 Å². The van der Waals surface area contributed by atoms with Crippen molar-refractivity contribution >= 4 is 5.91 Å². The molecule has 6 nitrogen and oxygen atoms in total. The van der Waals surface area contributed by atoms with Gasteiger partial charge in [0.05, 0.1) is 12.7 Å². The van der Waals surface area contributed by atoms with Gasteiger partial charge in [0.25, 0.3) is 5.91 Å². The van der Waals surface area contributed by atoms with Crippen molar-refractivity contribution < 1.29 is 19.2 Å². The Labute approximate surface area is 134 Å². The number of aromatic nitrogens is 1. The summed E-state index contributed by atoms with van der Waals surface area (Å²) < 4.78 is 10.7. The summed E-state index contributed by atoms with van der Waals surface area (Å²) in [4.78, 5) is 13.8. The van der Waals surface area contributed by atoms with Gasteiger partial charge in [-0.15, -0.1) is 0 Å². The van der Waals surface area contributed by atoms with Gasteiger partial charge in [-0.3, -0.25) is 4.79 Å². The van der Waals surface area contributed by atoms with E-state index in [4.69, 9.17) is 9.26 Å². The second-order valence-corrected chi connectivity index (χ2v) is 5.86. The number of carbonyl (C=O) groups excluding carboxylic acids is 1. The normalized spacial score (nSPS) is 14.2. The Hall–Kier alpha value is -2.34. The van der Waals surface area contributed by atoms with E-state index in [0.717, 1.165) is 23.3 Å².